The minimum atomic E-state index is -0.614. The van der Waals surface area contributed by atoms with Crippen LogP contribution in [0, 0.1) is 0 Å². The molecule has 0 bridgehead atoms. The number of esters is 1. The van der Waals surface area contributed by atoms with Gasteiger partial charge in [0.25, 0.3) is 5.91 Å². The van der Waals surface area contributed by atoms with E-state index in [1.54, 1.807) is 42.5 Å². The Morgan fingerprint density at radius 2 is 1.68 bits per heavy atom. The van der Waals surface area contributed by atoms with Crippen molar-refractivity contribution in [2.45, 2.75) is 12.8 Å². The van der Waals surface area contributed by atoms with Crippen molar-refractivity contribution in [3.8, 4) is 11.5 Å². The maximum absolute atomic E-state index is 12.3. The number of amides is 1. The van der Waals surface area contributed by atoms with Crippen LogP contribution in [0.5, 0.6) is 11.5 Å². The van der Waals surface area contributed by atoms with Gasteiger partial charge in [-0.2, -0.15) is 0 Å². The first-order valence-electron chi connectivity index (χ1n) is 8.65. The zero-order chi connectivity index (χ0) is 19.9. The molecule has 0 radical (unpaired) electrons. The third-order valence-electron chi connectivity index (χ3n) is 3.91. The van der Waals surface area contributed by atoms with Crippen molar-refractivity contribution in [3.63, 3.8) is 0 Å². The third kappa shape index (κ3) is 5.56. The van der Waals surface area contributed by atoms with Crippen molar-refractivity contribution in [1.29, 1.82) is 0 Å². The predicted octanol–water partition coefficient (Wildman–Crippen LogP) is 3.37. The number of Topliss-reactive ketones (excluding diaryl/α,β-unsaturated/α-hetero) is 1. The van der Waals surface area contributed by atoms with Crippen molar-refractivity contribution in [3.05, 3.63) is 52.5 Å². The molecule has 1 aliphatic heterocycles. The van der Waals surface area contributed by atoms with Crippen LogP contribution < -0.4 is 14.8 Å². The monoisotopic (exact) mass is 447 g/mol. The first-order chi connectivity index (χ1) is 13.5. The van der Waals surface area contributed by atoms with Crippen LogP contribution in [-0.2, 0) is 14.3 Å². The third-order valence-corrected chi connectivity index (χ3v) is 4.44. The van der Waals surface area contributed by atoms with Crippen molar-refractivity contribution >= 4 is 39.3 Å². The smallest absolute Gasteiger partial charge is 0.306 e. The van der Waals surface area contributed by atoms with Crippen LogP contribution in [0.3, 0.4) is 0 Å². The number of benzene rings is 2. The second kappa shape index (κ2) is 9.36. The topological polar surface area (TPSA) is 90.9 Å². The molecule has 3 rings (SSSR count). The molecule has 0 atom stereocenters. The average Bonchev–Trinajstić information content (AvgIpc) is 2.71. The summed E-state index contributed by atoms with van der Waals surface area (Å²) >= 11 is 3.30. The van der Waals surface area contributed by atoms with Gasteiger partial charge in [0.2, 0.25) is 0 Å². The predicted molar refractivity (Wildman–Crippen MR) is 105 cm³/mol. The molecule has 1 aliphatic rings. The number of ether oxygens (including phenoxy) is 3. The summed E-state index contributed by atoms with van der Waals surface area (Å²) in [5, 5.41) is 2.61. The van der Waals surface area contributed by atoms with Crippen LogP contribution >= 0.6 is 15.9 Å². The van der Waals surface area contributed by atoms with Crippen molar-refractivity contribution in [2.75, 3.05) is 25.1 Å². The Kier molecular flexibility index (Phi) is 6.65. The maximum atomic E-state index is 12.3. The Labute approximate surface area is 170 Å². The van der Waals surface area contributed by atoms with Gasteiger partial charge < -0.3 is 19.5 Å². The lowest BCUT2D eigenvalue weighted by Crippen LogP contribution is -2.21. The fourth-order valence-corrected chi connectivity index (χ4v) is 2.79. The Morgan fingerprint density at radius 1 is 0.964 bits per heavy atom. The summed E-state index contributed by atoms with van der Waals surface area (Å²) in [6, 6.07) is 11.9. The molecule has 1 amide bonds. The molecule has 0 aliphatic carbocycles. The van der Waals surface area contributed by atoms with Crippen LogP contribution in [0.2, 0.25) is 0 Å². The SMILES string of the molecule is O=C(COC(=O)CCC(=O)c1ccc2c(c1)OCCO2)Nc1ccc(Br)cc1. The summed E-state index contributed by atoms with van der Waals surface area (Å²) in [6.07, 6.45) is -0.133. The Bertz CT molecular complexity index is 881. The van der Waals surface area contributed by atoms with E-state index in [-0.39, 0.29) is 18.6 Å². The minimum absolute atomic E-state index is 0.0210. The second-order valence-corrected chi connectivity index (χ2v) is 6.91. The van der Waals surface area contributed by atoms with E-state index in [2.05, 4.69) is 21.2 Å². The molecule has 8 heteroatoms. The van der Waals surface area contributed by atoms with E-state index in [0.717, 1.165) is 4.47 Å². The van der Waals surface area contributed by atoms with Gasteiger partial charge >= 0.3 is 5.97 Å². The maximum Gasteiger partial charge on any atom is 0.306 e. The molecule has 7 nitrogen and oxygen atoms in total. The number of fused-ring (bicyclic) bond motifs is 1. The lowest BCUT2D eigenvalue weighted by molar-refractivity contribution is -0.147. The van der Waals surface area contributed by atoms with Gasteiger partial charge in [-0.15, -0.1) is 0 Å². The number of carbonyl (C=O) groups excluding carboxylic acids is 3. The van der Waals surface area contributed by atoms with Gasteiger partial charge in [0, 0.05) is 22.1 Å². The number of nitrogens with one attached hydrogen (secondary N) is 1. The molecule has 146 valence electrons. The molecule has 2 aromatic rings. The van der Waals surface area contributed by atoms with E-state index in [1.807, 2.05) is 0 Å². The molecule has 0 saturated carbocycles. The van der Waals surface area contributed by atoms with Crippen molar-refractivity contribution in [1.82, 2.24) is 0 Å². The van der Waals surface area contributed by atoms with Crippen LogP contribution in [-0.4, -0.2) is 37.5 Å². The van der Waals surface area contributed by atoms with E-state index in [4.69, 9.17) is 14.2 Å². The van der Waals surface area contributed by atoms with Crippen LogP contribution in [0.15, 0.2) is 46.9 Å². The summed E-state index contributed by atoms with van der Waals surface area (Å²) in [4.78, 5) is 35.9. The van der Waals surface area contributed by atoms with E-state index < -0.39 is 18.5 Å². The molecular formula is C20H18BrNO6. The Morgan fingerprint density at radius 3 is 2.43 bits per heavy atom. The fourth-order valence-electron chi connectivity index (χ4n) is 2.53. The number of carbonyl (C=O) groups is 3. The normalized spacial score (nSPS) is 12.2. The second-order valence-electron chi connectivity index (χ2n) is 6.00. The Hall–Kier alpha value is -2.87. The summed E-state index contributed by atoms with van der Waals surface area (Å²) in [5.41, 5.74) is 1.03. The highest BCUT2D eigenvalue weighted by Gasteiger charge is 2.16. The van der Waals surface area contributed by atoms with Crippen LogP contribution in [0.25, 0.3) is 0 Å². The summed E-state index contributed by atoms with van der Waals surface area (Å²) in [7, 11) is 0. The molecular weight excluding hydrogens is 430 g/mol. The first-order valence-corrected chi connectivity index (χ1v) is 9.44. The highest BCUT2D eigenvalue weighted by atomic mass is 79.9. The molecule has 2 aromatic carbocycles. The van der Waals surface area contributed by atoms with Gasteiger partial charge in [0.1, 0.15) is 13.2 Å². The molecule has 0 spiro atoms. The highest BCUT2D eigenvalue weighted by Crippen LogP contribution is 2.31. The van der Waals surface area contributed by atoms with Gasteiger partial charge in [-0.1, -0.05) is 15.9 Å². The molecule has 0 saturated heterocycles. The van der Waals surface area contributed by atoms with Gasteiger partial charge in [-0.3, -0.25) is 14.4 Å². The van der Waals surface area contributed by atoms with Gasteiger partial charge in [0.15, 0.2) is 23.9 Å². The lowest BCUT2D eigenvalue weighted by Gasteiger charge is -2.18. The summed E-state index contributed by atoms with van der Waals surface area (Å²) < 4.78 is 16.7. The van der Waals surface area contributed by atoms with Crippen LogP contribution in [0.1, 0.15) is 23.2 Å². The molecule has 1 heterocycles. The van der Waals surface area contributed by atoms with E-state index in [1.165, 1.54) is 0 Å². The number of hydrogen-bond acceptors (Lipinski definition) is 6. The number of hydrogen-bond donors (Lipinski definition) is 1. The van der Waals surface area contributed by atoms with Gasteiger partial charge in [0.05, 0.1) is 6.42 Å². The standard InChI is InChI=1S/C20H18BrNO6/c21-14-2-4-15(5-3-14)22-19(24)12-28-20(25)8-6-16(23)13-1-7-17-18(11-13)27-10-9-26-17/h1-5,7,11H,6,8-10,12H2,(H,22,24). The fraction of sp³-hybridized carbons (Fsp3) is 0.250. The number of rotatable bonds is 7. The van der Waals surface area contributed by atoms with E-state index >= 15 is 0 Å². The highest BCUT2D eigenvalue weighted by molar-refractivity contribution is 9.10. The Balaban J connectivity index is 1.41. The van der Waals surface area contributed by atoms with E-state index in [0.29, 0.717) is 36.0 Å². The quantitative estimate of drug-likeness (QED) is 0.516. The minimum Gasteiger partial charge on any atom is -0.486 e. The molecule has 1 N–H and O–H groups in total. The van der Waals surface area contributed by atoms with Crippen molar-refractivity contribution < 1.29 is 28.6 Å². The van der Waals surface area contributed by atoms with Gasteiger partial charge in [-0.25, -0.2) is 0 Å². The lowest BCUT2D eigenvalue weighted by atomic mass is 10.1. The number of anilines is 1. The molecule has 0 unspecified atom stereocenters. The van der Waals surface area contributed by atoms with Crippen LogP contribution in [0.4, 0.5) is 5.69 Å². The summed E-state index contributed by atoms with van der Waals surface area (Å²) in [5.74, 6) is -0.165. The average molecular weight is 448 g/mol. The largest absolute Gasteiger partial charge is 0.486 e. The van der Waals surface area contributed by atoms with E-state index in [9.17, 15) is 14.4 Å². The molecule has 0 fully saturated rings. The first kappa shape index (κ1) is 19.9. The zero-order valence-electron chi connectivity index (χ0n) is 14.9. The zero-order valence-corrected chi connectivity index (χ0v) is 16.5. The summed E-state index contributed by atoms with van der Waals surface area (Å²) in [6.45, 7) is 0.494. The number of ketones is 1. The molecule has 0 aromatic heterocycles. The van der Waals surface area contributed by atoms with Gasteiger partial charge in [-0.05, 0) is 42.5 Å². The number of halogens is 1. The molecule has 28 heavy (non-hydrogen) atoms. The van der Waals surface area contributed by atoms with Crippen molar-refractivity contribution in [2.24, 2.45) is 0 Å².